The molecule has 0 saturated carbocycles. The van der Waals surface area contributed by atoms with Gasteiger partial charge in [0.1, 0.15) is 0 Å². The van der Waals surface area contributed by atoms with E-state index in [4.69, 9.17) is 28.3 Å². The largest absolute Gasteiger partial charge is 0.478 e. The van der Waals surface area contributed by atoms with E-state index >= 15 is 0 Å². The minimum Gasteiger partial charge on any atom is -0.478 e. The Morgan fingerprint density at radius 3 is 2.70 bits per heavy atom. The maximum atomic E-state index is 12.3. The minimum absolute atomic E-state index is 0.0565. The van der Waals surface area contributed by atoms with Crippen LogP contribution in [0.1, 0.15) is 10.4 Å². The first-order valence-electron chi connectivity index (χ1n) is 8.64. The number of carboxylic acid groups (broad SMARTS) is 1. The number of nitrogens with zero attached hydrogens (tertiary/aromatic N) is 3. The molecule has 0 atom stereocenters. The molecule has 2 aromatic carbocycles. The molecule has 0 spiro atoms. The number of hydrogen-bond donors (Lipinski definition) is 2. The number of allylic oxidation sites excluding steroid dienone is 1. The molecule has 2 N–H and O–H groups in total. The lowest BCUT2D eigenvalue weighted by Crippen LogP contribution is -2.15. The lowest BCUT2D eigenvalue weighted by molar-refractivity contribution is -0.113. The number of nitrogens with one attached hydrogen (secondary N) is 1. The number of benzene rings is 2. The lowest BCUT2D eigenvalue weighted by atomic mass is 10.2. The number of aromatic nitrogens is 3. The van der Waals surface area contributed by atoms with E-state index in [1.54, 1.807) is 41.0 Å². The number of anilines is 1. The summed E-state index contributed by atoms with van der Waals surface area (Å²) < 4.78 is 1.80. The van der Waals surface area contributed by atoms with E-state index in [2.05, 4.69) is 22.1 Å². The van der Waals surface area contributed by atoms with Gasteiger partial charge in [0.25, 0.3) is 0 Å². The van der Waals surface area contributed by atoms with Gasteiger partial charge in [0.2, 0.25) is 5.91 Å². The van der Waals surface area contributed by atoms with Gasteiger partial charge >= 0.3 is 5.97 Å². The number of carbonyl (C=O) groups excluding carboxylic acids is 1. The van der Waals surface area contributed by atoms with Gasteiger partial charge in [-0.25, -0.2) is 4.79 Å². The number of halogens is 2. The second-order valence-corrected chi connectivity index (χ2v) is 7.84. The van der Waals surface area contributed by atoms with Gasteiger partial charge < -0.3 is 10.4 Å². The Morgan fingerprint density at radius 2 is 2.00 bits per heavy atom. The second kappa shape index (κ2) is 9.80. The predicted octanol–water partition coefficient (Wildman–Crippen LogP) is 4.87. The summed E-state index contributed by atoms with van der Waals surface area (Å²) in [5.41, 5.74) is 1.16. The molecule has 0 aliphatic carbocycles. The molecule has 0 saturated heterocycles. The Balaban J connectivity index is 1.74. The van der Waals surface area contributed by atoms with Gasteiger partial charge in [0.15, 0.2) is 11.0 Å². The molecule has 10 heteroatoms. The van der Waals surface area contributed by atoms with Crippen LogP contribution in [0.4, 0.5) is 5.69 Å². The van der Waals surface area contributed by atoms with Crippen molar-refractivity contribution in [1.82, 2.24) is 14.8 Å². The van der Waals surface area contributed by atoms with Crippen molar-refractivity contribution in [3.8, 4) is 11.4 Å². The van der Waals surface area contributed by atoms with Crippen LogP contribution in [0.25, 0.3) is 11.4 Å². The van der Waals surface area contributed by atoms with Crippen molar-refractivity contribution in [2.24, 2.45) is 0 Å². The van der Waals surface area contributed by atoms with E-state index in [0.29, 0.717) is 38.8 Å². The summed E-state index contributed by atoms with van der Waals surface area (Å²) in [4.78, 5) is 23.4. The van der Waals surface area contributed by atoms with Crippen LogP contribution in [-0.2, 0) is 11.3 Å². The Morgan fingerprint density at radius 1 is 1.20 bits per heavy atom. The average molecular weight is 463 g/mol. The Kier molecular flexibility index (Phi) is 7.15. The molecule has 3 aromatic rings. The smallest absolute Gasteiger partial charge is 0.335 e. The SMILES string of the molecule is C=CCn1c(SCC(=O)Nc2cccc(C(=O)O)c2)nnc1-c1ccc(Cl)cc1Cl. The standard InChI is InChI=1S/C20H16Cl2N4O3S/c1-2-8-26-18(15-7-6-13(21)10-16(15)22)24-25-20(26)30-11-17(27)23-14-5-3-4-12(9-14)19(28)29/h2-7,9-10H,1,8,11H2,(H,23,27)(H,28,29). The van der Waals surface area contributed by atoms with E-state index in [0.717, 1.165) is 0 Å². The molecule has 30 heavy (non-hydrogen) atoms. The predicted molar refractivity (Wildman–Crippen MR) is 118 cm³/mol. The van der Waals surface area contributed by atoms with E-state index < -0.39 is 5.97 Å². The number of aromatic carboxylic acids is 1. The molecule has 1 heterocycles. The van der Waals surface area contributed by atoms with Crippen molar-refractivity contribution in [2.75, 3.05) is 11.1 Å². The zero-order valence-electron chi connectivity index (χ0n) is 15.5. The summed E-state index contributed by atoms with van der Waals surface area (Å²) in [5.74, 6) is -0.775. The summed E-state index contributed by atoms with van der Waals surface area (Å²) in [7, 11) is 0. The first-order chi connectivity index (χ1) is 14.4. The molecule has 1 amide bonds. The van der Waals surface area contributed by atoms with E-state index in [1.165, 1.54) is 23.9 Å². The van der Waals surface area contributed by atoms with Crippen LogP contribution in [-0.4, -0.2) is 37.5 Å². The molecule has 3 rings (SSSR count). The molecule has 1 aromatic heterocycles. The molecule has 0 bridgehead atoms. The molecule has 0 radical (unpaired) electrons. The van der Waals surface area contributed by atoms with Crippen molar-refractivity contribution < 1.29 is 14.7 Å². The maximum absolute atomic E-state index is 12.3. The fraction of sp³-hybridized carbons (Fsp3) is 0.100. The summed E-state index contributed by atoms with van der Waals surface area (Å²) in [6.45, 7) is 4.18. The van der Waals surface area contributed by atoms with Crippen molar-refractivity contribution in [2.45, 2.75) is 11.7 Å². The Bertz CT molecular complexity index is 1120. The average Bonchev–Trinajstić information content (AvgIpc) is 3.09. The first kappa shape index (κ1) is 21.9. The van der Waals surface area contributed by atoms with Crippen LogP contribution in [0.15, 0.2) is 60.3 Å². The number of carboxylic acids is 1. The molecule has 0 aliphatic rings. The van der Waals surface area contributed by atoms with E-state index in [9.17, 15) is 9.59 Å². The highest BCUT2D eigenvalue weighted by atomic mass is 35.5. The van der Waals surface area contributed by atoms with Gasteiger partial charge in [0, 0.05) is 22.8 Å². The number of thioether (sulfide) groups is 1. The fourth-order valence-electron chi connectivity index (χ4n) is 2.62. The van der Waals surface area contributed by atoms with Crippen molar-refractivity contribution in [3.05, 3.63) is 70.7 Å². The molecular formula is C20H16Cl2N4O3S. The summed E-state index contributed by atoms with van der Waals surface area (Å²) >= 11 is 13.5. The summed E-state index contributed by atoms with van der Waals surface area (Å²) in [6.07, 6.45) is 1.69. The highest BCUT2D eigenvalue weighted by Gasteiger charge is 2.17. The van der Waals surface area contributed by atoms with Crippen molar-refractivity contribution >= 4 is 52.5 Å². The first-order valence-corrected chi connectivity index (χ1v) is 10.4. The monoisotopic (exact) mass is 462 g/mol. The molecule has 0 fully saturated rings. The number of hydrogen-bond acceptors (Lipinski definition) is 5. The summed E-state index contributed by atoms with van der Waals surface area (Å²) in [6, 6.07) is 11.1. The van der Waals surface area contributed by atoms with Gasteiger partial charge in [-0.05, 0) is 36.4 Å². The van der Waals surface area contributed by atoms with Crippen molar-refractivity contribution in [1.29, 1.82) is 0 Å². The number of rotatable bonds is 8. The molecular weight excluding hydrogens is 447 g/mol. The van der Waals surface area contributed by atoms with Crippen LogP contribution in [0.5, 0.6) is 0 Å². The van der Waals surface area contributed by atoms with Crippen LogP contribution in [0.3, 0.4) is 0 Å². The van der Waals surface area contributed by atoms with Crippen LogP contribution < -0.4 is 5.32 Å². The molecule has 154 valence electrons. The highest BCUT2D eigenvalue weighted by molar-refractivity contribution is 7.99. The topological polar surface area (TPSA) is 97.1 Å². The fourth-order valence-corrected chi connectivity index (χ4v) is 3.86. The van der Waals surface area contributed by atoms with Gasteiger partial charge in [-0.3, -0.25) is 9.36 Å². The quantitative estimate of drug-likeness (QED) is 0.366. The number of amides is 1. The van der Waals surface area contributed by atoms with E-state index in [1.807, 2.05) is 0 Å². The van der Waals surface area contributed by atoms with Gasteiger partial charge in [-0.15, -0.1) is 16.8 Å². The normalized spacial score (nSPS) is 10.6. The van der Waals surface area contributed by atoms with Crippen LogP contribution in [0.2, 0.25) is 10.0 Å². The highest BCUT2D eigenvalue weighted by Crippen LogP contribution is 2.31. The second-order valence-electron chi connectivity index (χ2n) is 6.05. The Hall–Kier alpha value is -2.81. The third-order valence-corrected chi connectivity index (χ3v) is 5.44. The third kappa shape index (κ3) is 5.21. The number of carbonyl (C=O) groups is 2. The van der Waals surface area contributed by atoms with Crippen LogP contribution in [0, 0.1) is 0 Å². The molecule has 0 unspecified atom stereocenters. The van der Waals surface area contributed by atoms with Gasteiger partial charge in [-0.1, -0.05) is 47.1 Å². The minimum atomic E-state index is -1.06. The van der Waals surface area contributed by atoms with E-state index in [-0.39, 0.29) is 17.2 Å². The van der Waals surface area contributed by atoms with Gasteiger partial charge in [-0.2, -0.15) is 0 Å². The zero-order valence-corrected chi connectivity index (χ0v) is 17.8. The maximum Gasteiger partial charge on any atom is 0.335 e. The van der Waals surface area contributed by atoms with Gasteiger partial charge in [0.05, 0.1) is 16.3 Å². The summed E-state index contributed by atoms with van der Waals surface area (Å²) in [5, 5.41) is 21.6. The molecule has 0 aliphatic heterocycles. The lowest BCUT2D eigenvalue weighted by Gasteiger charge is -2.09. The van der Waals surface area contributed by atoms with Crippen LogP contribution >= 0.6 is 35.0 Å². The Labute approximate surface area is 186 Å². The third-order valence-electron chi connectivity index (χ3n) is 3.93. The molecule has 7 nitrogen and oxygen atoms in total. The zero-order chi connectivity index (χ0) is 21.7. The van der Waals surface area contributed by atoms with Crippen molar-refractivity contribution in [3.63, 3.8) is 0 Å².